The van der Waals surface area contributed by atoms with Crippen molar-refractivity contribution in [2.75, 3.05) is 24.7 Å². The van der Waals surface area contributed by atoms with Crippen LogP contribution >= 0.6 is 11.8 Å². The van der Waals surface area contributed by atoms with Gasteiger partial charge in [-0.05, 0) is 31.6 Å². The number of thioether (sulfide) groups is 1. The fourth-order valence-electron chi connectivity index (χ4n) is 1.18. The topological polar surface area (TPSA) is 35.2 Å². The van der Waals surface area contributed by atoms with Gasteiger partial charge in [0.15, 0.2) is 0 Å². The van der Waals surface area contributed by atoms with Crippen molar-refractivity contribution in [2.45, 2.75) is 25.4 Å². The van der Waals surface area contributed by atoms with Crippen LogP contribution in [-0.4, -0.2) is 30.8 Å². The highest BCUT2D eigenvalue weighted by Crippen LogP contribution is 2.19. The van der Waals surface area contributed by atoms with Crippen LogP contribution < -0.4 is 5.73 Å². The summed E-state index contributed by atoms with van der Waals surface area (Å²) in [6.45, 7) is 1.60. The molecule has 1 heterocycles. The molecule has 1 fully saturated rings. The zero-order valence-corrected chi connectivity index (χ0v) is 7.74. The third-order valence-electron chi connectivity index (χ3n) is 1.82. The molecule has 0 aliphatic carbocycles. The molecule has 11 heavy (non-hydrogen) atoms. The van der Waals surface area contributed by atoms with Crippen molar-refractivity contribution in [1.82, 2.24) is 0 Å². The average Bonchev–Trinajstić information content (AvgIpc) is 2.07. The van der Waals surface area contributed by atoms with Gasteiger partial charge in [-0.2, -0.15) is 11.8 Å². The van der Waals surface area contributed by atoms with Gasteiger partial charge in [-0.3, -0.25) is 0 Å². The maximum Gasteiger partial charge on any atom is 0.0665 e. The van der Waals surface area contributed by atoms with Crippen molar-refractivity contribution in [3.05, 3.63) is 0 Å². The van der Waals surface area contributed by atoms with Gasteiger partial charge in [-0.15, -0.1) is 0 Å². The molecule has 66 valence electrons. The molecule has 0 aromatic rings. The molecule has 1 saturated heterocycles. The predicted molar refractivity (Wildman–Crippen MR) is 50.0 cm³/mol. The van der Waals surface area contributed by atoms with E-state index in [0.717, 1.165) is 19.6 Å². The van der Waals surface area contributed by atoms with Crippen molar-refractivity contribution in [2.24, 2.45) is 5.73 Å². The summed E-state index contributed by atoms with van der Waals surface area (Å²) in [5.41, 5.74) is 5.36. The average molecular weight is 175 g/mol. The first-order valence-electron chi connectivity index (χ1n) is 4.33. The van der Waals surface area contributed by atoms with Gasteiger partial charge in [0.1, 0.15) is 0 Å². The number of hydrogen-bond donors (Lipinski definition) is 1. The first-order chi connectivity index (χ1) is 5.43. The molecule has 1 aliphatic rings. The quantitative estimate of drug-likeness (QED) is 0.653. The van der Waals surface area contributed by atoms with Gasteiger partial charge in [0, 0.05) is 12.4 Å². The SMILES string of the molecule is NCCCOC1CCCSC1. The lowest BCUT2D eigenvalue weighted by Gasteiger charge is -2.21. The third-order valence-corrected chi connectivity index (χ3v) is 3.01. The molecule has 3 heteroatoms. The van der Waals surface area contributed by atoms with Gasteiger partial charge >= 0.3 is 0 Å². The lowest BCUT2D eigenvalue weighted by molar-refractivity contribution is 0.0608. The molecule has 0 amide bonds. The molecule has 1 unspecified atom stereocenters. The highest BCUT2D eigenvalue weighted by atomic mass is 32.2. The van der Waals surface area contributed by atoms with Crippen molar-refractivity contribution in [3.63, 3.8) is 0 Å². The van der Waals surface area contributed by atoms with Gasteiger partial charge in [-0.1, -0.05) is 0 Å². The standard InChI is InChI=1S/C8H17NOS/c9-4-2-5-10-8-3-1-6-11-7-8/h8H,1-7,9H2. The van der Waals surface area contributed by atoms with Gasteiger partial charge in [0.25, 0.3) is 0 Å². The van der Waals surface area contributed by atoms with Crippen LogP contribution in [-0.2, 0) is 4.74 Å². The zero-order valence-electron chi connectivity index (χ0n) is 6.92. The van der Waals surface area contributed by atoms with Crippen LogP contribution in [0.3, 0.4) is 0 Å². The van der Waals surface area contributed by atoms with E-state index in [4.69, 9.17) is 10.5 Å². The Morgan fingerprint density at radius 3 is 3.09 bits per heavy atom. The van der Waals surface area contributed by atoms with E-state index in [9.17, 15) is 0 Å². The van der Waals surface area contributed by atoms with Crippen molar-refractivity contribution in [3.8, 4) is 0 Å². The number of rotatable bonds is 4. The maximum atomic E-state index is 5.62. The van der Waals surface area contributed by atoms with Crippen LogP contribution in [0.2, 0.25) is 0 Å². The minimum Gasteiger partial charge on any atom is -0.377 e. The second-order valence-corrected chi connectivity index (χ2v) is 4.00. The fourth-order valence-corrected chi connectivity index (χ4v) is 2.24. The molecule has 0 radical (unpaired) electrons. The van der Waals surface area contributed by atoms with E-state index in [1.54, 1.807) is 0 Å². The number of nitrogens with two attached hydrogens (primary N) is 1. The second-order valence-electron chi connectivity index (χ2n) is 2.85. The predicted octanol–water partition coefficient (Wildman–Crippen LogP) is 1.25. The molecular formula is C8H17NOS. The van der Waals surface area contributed by atoms with E-state index in [1.807, 2.05) is 11.8 Å². The van der Waals surface area contributed by atoms with Gasteiger partial charge < -0.3 is 10.5 Å². The van der Waals surface area contributed by atoms with E-state index in [0.29, 0.717) is 6.10 Å². The monoisotopic (exact) mass is 175 g/mol. The Hall–Kier alpha value is 0.270. The molecule has 1 aliphatic heterocycles. The normalized spacial score (nSPS) is 25.4. The molecule has 0 saturated carbocycles. The highest BCUT2D eigenvalue weighted by Gasteiger charge is 2.12. The summed E-state index contributed by atoms with van der Waals surface area (Å²) < 4.78 is 5.62. The zero-order chi connectivity index (χ0) is 7.94. The Morgan fingerprint density at radius 1 is 1.55 bits per heavy atom. The summed E-state index contributed by atoms with van der Waals surface area (Å²) >= 11 is 2.00. The first-order valence-corrected chi connectivity index (χ1v) is 5.48. The fraction of sp³-hybridized carbons (Fsp3) is 1.00. The van der Waals surface area contributed by atoms with Crippen LogP contribution in [0.25, 0.3) is 0 Å². The smallest absolute Gasteiger partial charge is 0.0665 e. The van der Waals surface area contributed by atoms with E-state index in [1.165, 1.54) is 24.3 Å². The largest absolute Gasteiger partial charge is 0.377 e. The van der Waals surface area contributed by atoms with E-state index in [2.05, 4.69) is 0 Å². The summed E-state index contributed by atoms with van der Waals surface area (Å²) in [7, 11) is 0. The molecule has 0 bridgehead atoms. The lowest BCUT2D eigenvalue weighted by Crippen LogP contribution is -2.21. The maximum absolute atomic E-state index is 5.62. The lowest BCUT2D eigenvalue weighted by atomic mass is 10.2. The molecule has 0 aromatic carbocycles. The molecule has 0 aromatic heterocycles. The summed E-state index contributed by atoms with van der Waals surface area (Å²) in [4.78, 5) is 0. The molecule has 1 atom stereocenters. The van der Waals surface area contributed by atoms with E-state index in [-0.39, 0.29) is 0 Å². The summed E-state index contributed by atoms with van der Waals surface area (Å²) in [5.74, 6) is 2.50. The highest BCUT2D eigenvalue weighted by molar-refractivity contribution is 7.99. The number of ether oxygens (including phenoxy) is 1. The van der Waals surface area contributed by atoms with Crippen LogP contribution in [0.5, 0.6) is 0 Å². The first kappa shape index (κ1) is 9.36. The summed E-state index contributed by atoms with van der Waals surface area (Å²) in [5, 5.41) is 0. The Labute approximate surface area is 72.9 Å². The molecule has 2 N–H and O–H groups in total. The van der Waals surface area contributed by atoms with Crippen LogP contribution in [0.15, 0.2) is 0 Å². The van der Waals surface area contributed by atoms with Gasteiger partial charge in [0.2, 0.25) is 0 Å². The minimum atomic E-state index is 0.514. The van der Waals surface area contributed by atoms with Crippen molar-refractivity contribution >= 4 is 11.8 Å². The molecule has 2 nitrogen and oxygen atoms in total. The van der Waals surface area contributed by atoms with Crippen LogP contribution in [0.1, 0.15) is 19.3 Å². The van der Waals surface area contributed by atoms with Gasteiger partial charge in [0.05, 0.1) is 6.10 Å². The molecule has 0 spiro atoms. The number of hydrogen-bond acceptors (Lipinski definition) is 3. The Bertz CT molecular complexity index is 94.1. The summed E-state index contributed by atoms with van der Waals surface area (Å²) in [6.07, 6.45) is 4.08. The minimum absolute atomic E-state index is 0.514. The Balaban J connectivity index is 1.96. The molecule has 1 rings (SSSR count). The van der Waals surface area contributed by atoms with Crippen LogP contribution in [0.4, 0.5) is 0 Å². The molecular weight excluding hydrogens is 158 g/mol. The van der Waals surface area contributed by atoms with Crippen molar-refractivity contribution in [1.29, 1.82) is 0 Å². The second kappa shape index (κ2) is 5.86. The Kier molecular flexibility index (Phi) is 4.99. The van der Waals surface area contributed by atoms with Crippen molar-refractivity contribution < 1.29 is 4.74 Å². The van der Waals surface area contributed by atoms with E-state index < -0.39 is 0 Å². The summed E-state index contributed by atoms with van der Waals surface area (Å²) in [6, 6.07) is 0. The third kappa shape index (κ3) is 3.99. The van der Waals surface area contributed by atoms with Crippen LogP contribution in [0, 0.1) is 0 Å². The Morgan fingerprint density at radius 2 is 2.45 bits per heavy atom. The van der Waals surface area contributed by atoms with Gasteiger partial charge in [-0.25, -0.2) is 0 Å². The van der Waals surface area contributed by atoms with E-state index >= 15 is 0 Å².